The standard InChI is InChI=1S/C13H23N3O3S2/c1-5-21(18,19)11-9(14)10(12(17)15-4)20-13(11)16-7-6-8(2)3/h8,16H,5-7,14H2,1-4H3,(H,15,17). The number of nitrogens with two attached hydrogens (primary N) is 1. The Hall–Kier alpha value is -1.28. The van der Waals surface area contributed by atoms with Gasteiger partial charge in [-0.15, -0.1) is 11.3 Å². The SMILES string of the molecule is CCS(=O)(=O)c1c(NCCC(C)C)sc(C(=O)NC)c1N. The molecule has 0 bridgehead atoms. The lowest BCUT2D eigenvalue weighted by Gasteiger charge is -2.09. The van der Waals surface area contributed by atoms with Gasteiger partial charge >= 0.3 is 0 Å². The molecule has 0 spiro atoms. The molecule has 1 rings (SSSR count). The Balaban J connectivity index is 3.24. The average Bonchev–Trinajstić information content (AvgIpc) is 2.75. The third kappa shape index (κ3) is 4.10. The fraction of sp³-hybridized carbons (Fsp3) is 0.615. The lowest BCUT2D eigenvalue weighted by molar-refractivity contribution is 0.0968. The van der Waals surface area contributed by atoms with Crippen LogP contribution in [-0.2, 0) is 9.84 Å². The minimum atomic E-state index is -3.49. The highest BCUT2D eigenvalue weighted by atomic mass is 32.2. The molecule has 0 atom stereocenters. The zero-order valence-corrected chi connectivity index (χ0v) is 14.5. The Kier molecular flexibility index (Phi) is 6.03. The molecule has 0 fully saturated rings. The van der Waals surface area contributed by atoms with Gasteiger partial charge in [-0.3, -0.25) is 4.79 Å². The topological polar surface area (TPSA) is 101 Å². The molecule has 0 aromatic carbocycles. The second-order valence-electron chi connectivity index (χ2n) is 5.09. The first-order valence-electron chi connectivity index (χ1n) is 6.85. The zero-order chi connectivity index (χ0) is 16.2. The highest BCUT2D eigenvalue weighted by Crippen LogP contribution is 2.39. The summed E-state index contributed by atoms with van der Waals surface area (Å²) in [6.45, 7) is 6.37. The molecular weight excluding hydrogens is 310 g/mol. The number of nitrogen functional groups attached to an aromatic ring is 1. The van der Waals surface area contributed by atoms with Crippen LogP contribution in [0, 0.1) is 5.92 Å². The van der Waals surface area contributed by atoms with E-state index in [0.717, 1.165) is 17.8 Å². The van der Waals surface area contributed by atoms with Crippen molar-refractivity contribution in [2.24, 2.45) is 5.92 Å². The summed E-state index contributed by atoms with van der Waals surface area (Å²) < 4.78 is 24.4. The van der Waals surface area contributed by atoms with E-state index < -0.39 is 9.84 Å². The van der Waals surface area contributed by atoms with Crippen LogP contribution in [0.2, 0.25) is 0 Å². The summed E-state index contributed by atoms with van der Waals surface area (Å²) in [7, 11) is -2.00. The van der Waals surface area contributed by atoms with Crippen LogP contribution in [0.3, 0.4) is 0 Å². The molecule has 1 heterocycles. The van der Waals surface area contributed by atoms with Gasteiger partial charge in [-0.2, -0.15) is 0 Å². The Labute approximate surface area is 130 Å². The molecule has 0 aliphatic rings. The molecule has 0 aliphatic heterocycles. The molecule has 8 heteroatoms. The number of carbonyl (C=O) groups is 1. The van der Waals surface area contributed by atoms with E-state index in [-0.39, 0.29) is 27.1 Å². The average molecular weight is 333 g/mol. The van der Waals surface area contributed by atoms with Crippen LogP contribution in [0.15, 0.2) is 4.90 Å². The molecule has 1 aromatic heterocycles. The van der Waals surface area contributed by atoms with Gasteiger partial charge in [0.2, 0.25) is 0 Å². The van der Waals surface area contributed by atoms with Crippen molar-refractivity contribution in [1.82, 2.24) is 5.32 Å². The molecule has 0 unspecified atom stereocenters. The summed E-state index contributed by atoms with van der Waals surface area (Å²) in [5.74, 6) is 0.0707. The van der Waals surface area contributed by atoms with Crippen molar-refractivity contribution in [1.29, 1.82) is 0 Å². The molecule has 0 saturated heterocycles. The van der Waals surface area contributed by atoms with Crippen LogP contribution in [0.25, 0.3) is 0 Å². The summed E-state index contributed by atoms with van der Waals surface area (Å²) in [6, 6.07) is 0. The Morgan fingerprint density at radius 2 is 2.00 bits per heavy atom. The Morgan fingerprint density at radius 1 is 1.38 bits per heavy atom. The second-order valence-corrected chi connectivity index (χ2v) is 8.33. The van der Waals surface area contributed by atoms with E-state index in [1.54, 1.807) is 6.92 Å². The molecular formula is C13H23N3O3S2. The van der Waals surface area contributed by atoms with Crippen molar-refractivity contribution in [3.63, 3.8) is 0 Å². The molecule has 1 aromatic rings. The third-order valence-corrected chi connectivity index (χ3v) is 6.13. The maximum absolute atomic E-state index is 12.2. The van der Waals surface area contributed by atoms with Gasteiger partial charge in [-0.25, -0.2) is 8.42 Å². The number of carbonyl (C=O) groups excluding carboxylic acids is 1. The summed E-state index contributed by atoms with van der Waals surface area (Å²) in [5.41, 5.74) is 5.94. The smallest absolute Gasteiger partial charge is 0.263 e. The third-order valence-electron chi connectivity index (χ3n) is 3.03. The highest BCUT2D eigenvalue weighted by molar-refractivity contribution is 7.91. The maximum atomic E-state index is 12.2. The van der Waals surface area contributed by atoms with Crippen molar-refractivity contribution in [3.8, 4) is 0 Å². The summed E-state index contributed by atoms with van der Waals surface area (Å²) in [4.78, 5) is 12.1. The first-order chi connectivity index (χ1) is 9.74. The van der Waals surface area contributed by atoms with Gasteiger partial charge < -0.3 is 16.4 Å². The van der Waals surface area contributed by atoms with Crippen LogP contribution >= 0.6 is 11.3 Å². The Bertz CT molecular complexity index is 606. The second kappa shape index (κ2) is 7.13. The zero-order valence-electron chi connectivity index (χ0n) is 12.8. The summed E-state index contributed by atoms with van der Waals surface area (Å²) >= 11 is 1.09. The summed E-state index contributed by atoms with van der Waals surface area (Å²) in [5, 5.41) is 6.03. The molecule has 1 amide bonds. The van der Waals surface area contributed by atoms with Crippen LogP contribution in [0.4, 0.5) is 10.7 Å². The molecule has 0 saturated carbocycles. The van der Waals surface area contributed by atoms with Crippen LogP contribution in [0.1, 0.15) is 36.9 Å². The molecule has 21 heavy (non-hydrogen) atoms. The molecule has 4 N–H and O–H groups in total. The summed E-state index contributed by atoms with van der Waals surface area (Å²) in [6.07, 6.45) is 0.902. The number of nitrogens with one attached hydrogen (secondary N) is 2. The quantitative estimate of drug-likeness (QED) is 0.708. The van der Waals surface area contributed by atoms with Crippen LogP contribution in [0.5, 0.6) is 0 Å². The van der Waals surface area contributed by atoms with E-state index in [2.05, 4.69) is 24.5 Å². The van der Waals surface area contributed by atoms with Gasteiger partial charge in [0.25, 0.3) is 5.91 Å². The minimum absolute atomic E-state index is 0.0354. The fourth-order valence-electron chi connectivity index (χ4n) is 1.75. The number of amides is 1. The lowest BCUT2D eigenvalue weighted by Crippen LogP contribution is -2.18. The molecule has 120 valence electrons. The number of rotatable bonds is 7. The van der Waals surface area contributed by atoms with Crippen molar-refractivity contribution in [3.05, 3.63) is 4.88 Å². The van der Waals surface area contributed by atoms with Gasteiger partial charge in [-0.05, 0) is 12.3 Å². The van der Waals surface area contributed by atoms with Crippen molar-refractivity contribution in [2.75, 3.05) is 30.4 Å². The van der Waals surface area contributed by atoms with E-state index in [4.69, 9.17) is 5.73 Å². The number of anilines is 2. The molecule has 6 nitrogen and oxygen atoms in total. The van der Waals surface area contributed by atoms with Crippen molar-refractivity contribution in [2.45, 2.75) is 32.1 Å². The maximum Gasteiger partial charge on any atom is 0.263 e. The van der Waals surface area contributed by atoms with Gasteiger partial charge in [0.05, 0.1) is 11.4 Å². The van der Waals surface area contributed by atoms with Gasteiger partial charge in [0, 0.05) is 13.6 Å². The van der Waals surface area contributed by atoms with Gasteiger partial charge in [0.1, 0.15) is 14.8 Å². The predicted octanol–water partition coefficient (Wildman–Crippen LogP) is 1.94. The minimum Gasteiger partial charge on any atom is -0.396 e. The fourth-order valence-corrected chi connectivity index (χ4v) is 4.39. The molecule has 0 radical (unpaired) electrons. The number of hydrogen-bond acceptors (Lipinski definition) is 6. The first-order valence-corrected chi connectivity index (χ1v) is 9.32. The monoisotopic (exact) mass is 333 g/mol. The number of sulfone groups is 1. The normalized spacial score (nSPS) is 11.7. The number of hydrogen-bond donors (Lipinski definition) is 3. The van der Waals surface area contributed by atoms with Crippen LogP contribution < -0.4 is 16.4 Å². The highest BCUT2D eigenvalue weighted by Gasteiger charge is 2.28. The van der Waals surface area contributed by atoms with Crippen molar-refractivity contribution < 1.29 is 13.2 Å². The first kappa shape index (κ1) is 17.8. The van der Waals surface area contributed by atoms with Gasteiger partial charge in [0.15, 0.2) is 9.84 Å². The van der Waals surface area contributed by atoms with Gasteiger partial charge in [-0.1, -0.05) is 20.8 Å². The van der Waals surface area contributed by atoms with Crippen LogP contribution in [-0.4, -0.2) is 33.7 Å². The van der Waals surface area contributed by atoms with E-state index in [9.17, 15) is 13.2 Å². The van der Waals surface area contributed by atoms with E-state index in [1.807, 2.05) is 0 Å². The largest absolute Gasteiger partial charge is 0.396 e. The molecule has 0 aliphatic carbocycles. The number of thiophene rings is 1. The van der Waals surface area contributed by atoms with Crippen molar-refractivity contribution >= 4 is 37.8 Å². The van der Waals surface area contributed by atoms with E-state index in [0.29, 0.717) is 17.5 Å². The van der Waals surface area contributed by atoms with E-state index in [1.165, 1.54) is 7.05 Å². The lowest BCUT2D eigenvalue weighted by atomic mass is 10.1. The Morgan fingerprint density at radius 3 is 2.48 bits per heavy atom. The van der Waals surface area contributed by atoms with E-state index >= 15 is 0 Å². The predicted molar refractivity (Wildman–Crippen MR) is 87.8 cm³/mol.